The van der Waals surface area contributed by atoms with Crippen LogP contribution in [0.2, 0.25) is 0 Å². The van der Waals surface area contributed by atoms with Gasteiger partial charge in [0.2, 0.25) is 5.95 Å². The Kier molecular flexibility index (Phi) is 3.79. The molecule has 0 saturated heterocycles. The zero-order chi connectivity index (χ0) is 14.8. The first-order valence-electron chi connectivity index (χ1n) is 6.37. The number of imidazole rings is 1. The molecule has 0 fully saturated rings. The smallest absolute Gasteiger partial charge is 0.201 e. The molecule has 0 aliphatic rings. The number of nitrogens with one attached hydrogen (secondary N) is 2. The number of fused-ring (bicyclic) bond motifs is 1. The lowest BCUT2D eigenvalue weighted by Gasteiger charge is -2.04. The molecule has 2 aromatic carbocycles. The van der Waals surface area contributed by atoms with Gasteiger partial charge in [-0.25, -0.2) is 9.37 Å². The van der Waals surface area contributed by atoms with Crippen molar-refractivity contribution in [2.45, 2.75) is 6.54 Å². The Hall–Kier alpha value is -2.08. The van der Waals surface area contributed by atoms with E-state index in [4.69, 9.17) is 4.74 Å². The summed E-state index contributed by atoms with van der Waals surface area (Å²) in [4.78, 5) is 7.61. The van der Waals surface area contributed by atoms with E-state index in [0.29, 0.717) is 17.0 Å². The van der Waals surface area contributed by atoms with Crippen LogP contribution in [0.15, 0.2) is 40.9 Å². The first-order valence-corrected chi connectivity index (χ1v) is 7.16. The number of methoxy groups -OCH3 is 1. The van der Waals surface area contributed by atoms with Crippen molar-refractivity contribution in [3.63, 3.8) is 0 Å². The van der Waals surface area contributed by atoms with E-state index < -0.39 is 0 Å². The second kappa shape index (κ2) is 5.73. The fourth-order valence-corrected chi connectivity index (χ4v) is 2.46. The summed E-state index contributed by atoms with van der Waals surface area (Å²) < 4.78 is 18.8. The number of hydrogen-bond donors (Lipinski definition) is 2. The van der Waals surface area contributed by atoms with Gasteiger partial charge in [0.15, 0.2) is 0 Å². The Morgan fingerprint density at radius 1 is 1.29 bits per heavy atom. The molecule has 4 nitrogen and oxygen atoms in total. The van der Waals surface area contributed by atoms with Gasteiger partial charge in [-0.2, -0.15) is 0 Å². The van der Waals surface area contributed by atoms with Crippen molar-refractivity contribution < 1.29 is 9.13 Å². The summed E-state index contributed by atoms with van der Waals surface area (Å²) in [6, 6.07) is 10.6. The molecule has 6 heteroatoms. The van der Waals surface area contributed by atoms with Crippen LogP contribution in [0.3, 0.4) is 0 Å². The predicted octanol–water partition coefficient (Wildman–Crippen LogP) is 4.09. The number of halogens is 2. The van der Waals surface area contributed by atoms with Gasteiger partial charge in [-0.05, 0) is 45.8 Å². The minimum absolute atomic E-state index is 0.269. The Morgan fingerprint density at radius 2 is 2.14 bits per heavy atom. The highest BCUT2D eigenvalue weighted by Gasteiger charge is 2.05. The molecule has 21 heavy (non-hydrogen) atoms. The van der Waals surface area contributed by atoms with Crippen molar-refractivity contribution >= 4 is 32.9 Å². The molecule has 0 spiro atoms. The van der Waals surface area contributed by atoms with Crippen LogP contribution in [0.25, 0.3) is 11.0 Å². The molecule has 0 radical (unpaired) electrons. The van der Waals surface area contributed by atoms with E-state index in [9.17, 15) is 4.39 Å². The summed E-state index contributed by atoms with van der Waals surface area (Å²) in [6.45, 7) is 0.551. The highest BCUT2D eigenvalue weighted by atomic mass is 79.9. The van der Waals surface area contributed by atoms with Crippen LogP contribution in [-0.2, 0) is 6.54 Å². The summed E-state index contributed by atoms with van der Waals surface area (Å²) in [5, 5.41) is 3.18. The van der Waals surface area contributed by atoms with E-state index in [1.54, 1.807) is 19.2 Å². The van der Waals surface area contributed by atoms with Gasteiger partial charge in [-0.15, -0.1) is 0 Å². The van der Waals surface area contributed by atoms with Crippen molar-refractivity contribution in [1.82, 2.24) is 9.97 Å². The Balaban J connectivity index is 1.76. The van der Waals surface area contributed by atoms with Crippen LogP contribution >= 0.6 is 15.9 Å². The van der Waals surface area contributed by atoms with Crippen LogP contribution in [0.1, 0.15) is 5.56 Å². The van der Waals surface area contributed by atoms with Crippen molar-refractivity contribution in [1.29, 1.82) is 0 Å². The normalized spacial score (nSPS) is 10.8. The van der Waals surface area contributed by atoms with Gasteiger partial charge in [0, 0.05) is 12.6 Å². The van der Waals surface area contributed by atoms with Crippen molar-refractivity contribution in [2.75, 3.05) is 12.4 Å². The second-order valence-corrected chi connectivity index (χ2v) is 5.42. The first-order chi connectivity index (χ1) is 10.2. The molecule has 3 aromatic rings. The van der Waals surface area contributed by atoms with Crippen LogP contribution < -0.4 is 10.1 Å². The Morgan fingerprint density at radius 3 is 2.90 bits per heavy atom. The van der Waals surface area contributed by atoms with Gasteiger partial charge in [0.05, 0.1) is 22.6 Å². The fraction of sp³-hybridized carbons (Fsp3) is 0.133. The molecule has 3 rings (SSSR count). The SMILES string of the molecule is COc1ccc2nc(NCc3ccc(F)c(Br)c3)[nH]c2c1. The molecule has 0 saturated carbocycles. The van der Waals surface area contributed by atoms with Crippen LogP contribution in [0, 0.1) is 5.82 Å². The van der Waals surface area contributed by atoms with Crippen molar-refractivity contribution in [2.24, 2.45) is 0 Å². The van der Waals surface area contributed by atoms with E-state index in [-0.39, 0.29) is 5.82 Å². The summed E-state index contributed by atoms with van der Waals surface area (Å²) in [7, 11) is 1.63. The third kappa shape index (κ3) is 3.00. The predicted molar refractivity (Wildman–Crippen MR) is 84.1 cm³/mol. The topological polar surface area (TPSA) is 49.9 Å². The third-order valence-electron chi connectivity index (χ3n) is 3.13. The molecule has 0 aliphatic heterocycles. The van der Waals surface area contributed by atoms with E-state index in [1.807, 2.05) is 18.2 Å². The maximum atomic E-state index is 13.2. The van der Waals surface area contributed by atoms with Crippen LogP contribution in [-0.4, -0.2) is 17.1 Å². The number of anilines is 1. The lowest BCUT2D eigenvalue weighted by Crippen LogP contribution is -2.01. The Bertz CT molecular complexity index is 788. The monoisotopic (exact) mass is 349 g/mol. The minimum atomic E-state index is -0.269. The molecule has 108 valence electrons. The van der Waals surface area contributed by atoms with E-state index in [1.165, 1.54) is 6.07 Å². The summed E-state index contributed by atoms with van der Waals surface area (Å²) in [6.07, 6.45) is 0. The second-order valence-electron chi connectivity index (χ2n) is 4.57. The summed E-state index contributed by atoms with van der Waals surface area (Å²) in [5.41, 5.74) is 2.72. The molecular formula is C15H13BrFN3O. The van der Waals surface area contributed by atoms with Gasteiger partial charge in [0.25, 0.3) is 0 Å². The average molecular weight is 350 g/mol. The number of rotatable bonds is 4. The minimum Gasteiger partial charge on any atom is -0.497 e. The molecule has 0 amide bonds. The van der Waals surface area contributed by atoms with Gasteiger partial charge in [-0.3, -0.25) is 0 Å². The van der Waals surface area contributed by atoms with Gasteiger partial charge >= 0.3 is 0 Å². The number of ether oxygens (including phenoxy) is 1. The quantitative estimate of drug-likeness (QED) is 0.745. The largest absolute Gasteiger partial charge is 0.497 e. The first kappa shape index (κ1) is 13.9. The highest BCUT2D eigenvalue weighted by Crippen LogP contribution is 2.21. The number of aromatic nitrogens is 2. The van der Waals surface area contributed by atoms with Gasteiger partial charge in [0.1, 0.15) is 11.6 Å². The number of aromatic amines is 1. The van der Waals surface area contributed by atoms with E-state index >= 15 is 0 Å². The lowest BCUT2D eigenvalue weighted by molar-refractivity contribution is 0.415. The molecule has 0 bridgehead atoms. The molecule has 0 atom stereocenters. The van der Waals surface area contributed by atoms with Crippen LogP contribution in [0.4, 0.5) is 10.3 Å². The maximum absolute atomic E-state index is 13.2. The average Bonchev–Trinajstić information content (AvgIpc) is 2.90. The van der Waals surface area contributed by atoms with Crippen molar-refractivity contribution in [3.05, 3.63) is 52.3 Å². The molecule has 2 N–H and O–H groups in total. The number of benzene rings is 2. The number of hydrogen-bond acceptors (Lipinski definition) is 3. The van der Waals surface area contributed by atoms with Gasteiger partial charge in [-0.1, -0.05) is 6.07 Å². The highest BCUT2D eigenvalue weighted by molar-refractivity contribution is 9.10. The van der Waals surface area contributed by atoms with E-state index in [0.717, 1.165) is 22.3 Å². The van der Waals surface area contributed by atoms with Crippen molar-refractivity contribution in [3.8, 4) is 5.75 Å². The molecule has 1 heterocycles. The number of nitrogens with zero attached hydrogens (tertiary/aromatic N) is 1. The molecule has 1 aromatic heterocycles. The zero-order valence-corrected chi connectivity index (χ0v) is 12.9. The maximum Gasteiger partial charge on any atom is 0.201 e. The van der Waals surface area contributed by atoms with Gasteiger partial charge < -0.3 is 15.0 Å². The lowest BCUT2D eigenvalue weighted by atomic mass is 10.2. The number of H-pyrrole nitrogens is 1. The molecular weight excluding hydrogens is 337 g/mol. The fourth-order valence-electron chi connectivity index (χ4n) is 2.03. The summed E-state index contributed by atoms with van der Waals surface area (Å²) in [5.74, 6) is 1.17. The zero-order valence-electron chi connectivity index (χ0n) is 11.3. The molecule has 0 aliphatic carbocycles. The molecule has 0 unspecified atom stereocenters. The standard InChI is InChI=1S/C15H13BrFN3O/c1-21-10-3-5-13-14(7-10)20-15(19-13)18-8-9-2-4-12(17)11(16)6-9/h2-7H,8H2,1H3,(H2,18,19,20). The van der Waals surface area contributed by atoms with Crippen LogP contribution in [0.5, 0.6) is 5.75 Å². The third-order valence-corrected chi connectivity index (χ3v) is 3.74. The summed E-state index contributed by atoms with van der Waals surface area (Å²) >= 11 is 3.18. The Labute approximate surface area is 129 Å². The van der Waals surface area contributed by atoms with E-state index in [2.05, 4.69) is 31.2 Å².